The first kappa shape index (κ1) is 16.5. The zero-order chi connectivity index (χ0) is 13.1. The molecule has 1 heterocycles. The molecular formula is C16H34AlN. The summed E-state index contributed by atoms with van der Waals surface area (Å²) in [5, 5.41) is 4.97. The van der Waals surface area contributed by atoms with E-state index in [0.717, 1.165) is 0 Å². The van der Waals surface area contributed by atoms with Crippen LogP contribution in [-0.2, 0) is 0 Å². The van der Waals surface area contributed by atoms with Crippen molar-refractivity contribution in [2.24, 2.45) is 0 Å². The Labute approximate surface area is 120 Å². The van der Waals surface area contributed by atoms with E-state index in [4.69, 9.17) is 0 Å². The summed E-state index contributed by atoms with van der Waals surface area (Å²) >= 11 is -0.207. The Bertz CT molecular complexity index is 170. The summed E-state index contributed by atoms with van der Waals surface area (Å²) < 4.78 is 0. The van der Waals surface area contributed by atoms with Crippen molar-refractivity contribution in [1.29, 1.82) is 0 Å². The van der Waals surface area contributed by atoms with E-state index in [1.165, 1.54) is 58.2 Å². The summed E-state index contributed by atoms with van der Waals surface area (Å²) in [6, 6.07) is 0. The number of hydrogen-bond acceptors (Lipinski definition) is 1. The first-order chi connectivity index (χ1) is 8.86. The van der Waals surface area contributed by atoms with Crippen LogP contribution in [0.15, 0.2) is 0 Å². The number of hydrogen-bond donors (Lipinski definition) is 0. The normalized spacial score (nSPS) is 15.8. The van der Waals surface area contributed by atoms with E-state index in [1.54, 1.807) is 28.7 Å². The first-order valence-electron chi connectivity index (χ1n) is 8.59. The fourth-order valence-corrected chi connectivity index (χ4v) is 6.63. The van der Waals surface area contributed by atoms with Crippen molar-refractivity contribution in [3.8, 4) is 0 Å². The Balaban J connectivity index is 2.03. The molecule has 0 unspecified atom stereocenters. The summed E-state index contributed by atoms with van der Waals surface area (Å²) in [6.07, 6.45) is 11.6. The van der Waals surface area contributed by atoms with Crippen molar-refractivity contribution in [2.75, 3.05) is 19.6 Å². The molecular weight excluding hydrogens is 233 g/mol. The smallest absolute Gasteiger partial charge is 0.261 e. The minimum Gasteiger partial charge on any atom is -0.303 e. The second-order valence-electron chi connectivity index (χ2n) is 6.20. The van der Waals surface area contributed by atoms with E-state index in [-0.39, 0.29) is 14.1 Å². The summed E-state index contributed by atoms with van der Waals surface area (Å²) in [6.45, 7) is 8.68. The van der Waals surface area contributed by atoms with E-state index >= 15 is 0 Å². The van der Waals surface area contributed by atoms with Gasteiger partial charge in [-0.2, -0.15) is 0 Å². The zero-order valence-electron chi connectivity index (χ0n) is 12.9. The third kappa shape index (κ3) is 7.82. The van der Waals surface area contributed by atoms with Crippen molar-refractivity contribution in [2.45, 2.75) is 81.1 Å². The summed E-state index contributed by atoms with van der Waals surface area (Å²) in [4.78, 5) is 2.73. The topological polar surface area (TPSA) is 3.24 Å². The maximum absolute atomic E-state index is 2.73. The fourth-order valence-electron chi connectivity index (χ4n) is 3.17. The van der Waals surface area contributed by atoms with Crippen LogP contribution in [-0.4, -0.2) is 38.7 Å². The van der Waals surface area contributed by atoms with Gasteiger partial charge in [0.15, 0.2) is 0 Å². The molecule has 1 fully saturated rings. The lowest BCUT2D eigenvalue weighted by Gasteiger charge is -2.22. The quantitative estimate of drug-likeness (QED) is 0.378. The monoisotopic (exact) mass is 267 g/mol. The molecule has 1 aliphatic heterocycles. The fraction of sp³-hybridized carbons (Fsp3) is 1.00. The molecule has 0 spiro atoms. The predicted molar refractivity (Wildman–Crippen MR) is 84.9 cm³/mol. The largest absolute Gasteiger partial charge is 0.303 e. The van der Waals surface area contributed by atoms with Crippen LogP contribution < -0.4 is 0 Å². The van der Waals surface area contributed by atoms with E-state index < -0.39 is 0 Å². The molecule has 0 aromatic carbocycles. The van der Waals surface area contributed by atoms with Crippen LogP contribution in [0, 0.1) is 0 Å². The molecule has 0 aromatic heterocycles. The van der Waals surface area contributed by atoms with Crippen LogP contribution in [0.3, 0.4) is 0 Å². The predicted octanol–water partition coefficient (Wildman–Crippen LogP) is 4.96. The zero-order valence-corrected chi connectivity index (χ0v) is 14.1. The lowest BCUT2D eigenvalue weighted by atomic mass is 10.2. The lowest BCUT2D eigenvalue weighted by Crippen LogP contribution is -2.27. The molecule has 2 heteroatoms. The summed E-state index contributed by atoms with van der Waals surface area (Å²) in [5.41, 5.74) is 0. The molecule has 1 nitrogen and oxygen atoms in total. The van der Waals surface area contributed by atoms with Gasteiger partial charge in [0.25, 0.3) is 14.1 Å². The maximum Gasteiger partial charge on any atom is 0.261 e. The number of rotatable bonds is 11. The molecule has 0 saturated carbocycles. The summed E-state index contributed by atoms with van der Waals surface area (Å²) in [5.74, 6) is 0. The van der Waals surface area contributed by atoms with Crippen molar-refractivity contribution < 1.29 is 0 Å². The van der Waals surface area contributed by atoms with Crippen LogP contribution >= 0.6 is 0 Å². The van der Waals surface area contributed by atoms with Crippen LogP contribution in [0.1, 0.15) is 65.2 Å². The van der Waals surface area contributed by atoms with Crippen LogP contribution in [0.25, 0.3) is 0 Å². The van der Waals surface area contributed by atoms with Crippen LogP contribution in [0.5, 0.6) is 0 Å². The molecule has 0 bridgehead atoms. The molecule has 0 radical (unpaired) electrons. The highest BCUT2D eigenvalue weighted by molar-refractivity contribution is 6.59. The molecule has 18 heavy (non-hydrogen) atoms. The second-order valence-corrected chi connectivity index (χ2v) is 9.66. The highest BCUT2D eigenvalue weighted by Gasteiger charge is 2.20. The van der Waals surface area contributed by atoms with E-state index in [2.05, 4.69) is 18.7 Å². The average molecular weight is 267 g/mol. The standard InChI is InChI=1S/C12H26N.C4H8.Al/c1-4-7-10-13(11-8-5-2)12-9-6-3;1-3-4-2;/h1,4-12H2,2-3H3;1-4H2;. The summed E-state index contributed by atoms with van der Waals surface area (Å²) in [7, 11) is 0. The van der Waals surface area contributed by atoms with Crippen molar-refractivity contribution >= 4 is 14.1 Å². The van der Waals surface area contributed by atoms with E-state index in [1.807, 2.05) is 0 Å². The molecule has 0 atom stereocenters. The maximum atomic E-state index is 2.73. The Hall–Kier alpha value is 0.492. The Morgan fingerprint density at radius 1 is 0.778 bits per heavy atom. The van der Waals surface area contributed by atoms with Gasteiger partial charge < -0.3 is 4.90 Å². The van der Waals surface area contributed by atoms with Crippen molar-refractivity contribution in [1.82, 2.24) is 4.90 Å². The van der Waals surface area contributed by atoms with Crippen molar-refractivity contribution in [3.05, 3.63) is 0 Å². The van der Waals surface area contributed by atoms with Gasteiger partial charge in [0, 0.05) is 0 Å². The van der Waals surface area contributed by atoms with Crippen LogP contribution in [0.2, 0.25) is 15.8 Å². The molecule has 0 amide bonds. The van der Waals surface area contributed by atoms with Gasteiger partial charge in [0.2, 0.25) is 0 Å². The van der Waals surface area contributed by atoms with Gasteiger partial charge in [-0.15, -0.1) is 0 Å². The Morgan fingerprint density at radius 3 is 1.89 bits per heavy atom. The Morgan fingerprint density at radius 2 is 1.33 bits per heavy atom. The molecule has 0 aromatic rings. The lowest BCUT2D eigenvalue weighted by molar-refractivity contribution is 0.261. The highest BCUT2D eigenvalue weighted by atomic mass is 27.2. The van der Waals surface area contributed by atoms with E-state index in [0.29, 0.717) is 0 Å². The second kappa shape index (κ2) is 11.3. The van der Waals surface area contributed by atoms with Crippen LogP contribution in [0.4, 0.5) is 0 Å². The molecule has 1 aliphatic rings. The Kier molecular flexibility index (Phi) is 10.4. The van der Waals surface area contributed by atoms with Crippen molar-refractivity contribution in [3.63, 3.8) is 0 Å². The van der Waals surface area contributed by atoms with E-state index in [9.17, 15) is 0 Å². The van der Waals surface area contributed by atoms with Gasteiger partial charge in [0.05, 0.1) is 0 Å². The van der Waals surface area contributed by atoms with Gasteiger partial charge in [-0.3, -0.25) is 0 Å². The third-order valence-corrected chi connectivity index (χ3v) is 8.14. The average Bonchev–Trinajstić information content (AvgIpc) is 2.90. The van der Waals surface area contributed by atoms with Gasteiger partial charge >= 0.3 is 0 Å². The molecule has 0 N–H and O–H groups in total. The molecule has 1 saturated heterocycles. The van der Waals surface area contributed by atoms with Gasteiger partial charge in [-0.05, 0) is 38.9 Å². The minimum absolute atomic E-state index is 0.207. The molecule has 1 rings (SSSR count). The molecule has 106 valence electrons. The van der Waals surface area contributed by atoms with Gasteiger partial charge in [-0.1, -0.05) is 61.8 Å². The number of unbranched alkanes of at least 4 members (excludes halogenated alkanes) is 3. The minimum atomic E-state index is -0.207. The molecule has 0 aliphatic carbocycles. The highest BCUT2D eigenvalue weighted by Crippen LogP contribution is 2.23. The van der Waals surface area contributed by atoms with Gasteiger partial charge in [-0.25, -0.2) is 0 Å². The third-order valence-electron chi connectivity index (χ3n) is 4.47. The SMILES string of the molecule is CCCCN(CCCC)CCC[CH2][Al]1[CH2]CC[CH2]1. The number of nitrogens with zero attached hydrogens (tertiary/aromatic N) is 1. The van der Waals surface area contributed by atoms with Gasteiger partial charge in [0.1, 0.15) is 0 Å². The first-order valence-corrected chi connectivity index (χ1v) is 11.0.